The number of rotatable bonds is 5. The fourth-order valence-corrected chi connectivity index (χ4v) is 3.46. The third-order valence-electron chi connectivity index (χ3n) is 4.72. The predicted molar refractivity (Wildman–Crippen MR) is 108 cm³/mol. The van der Waals surface area contributed by atoms with Crippen molar-refractivity contribution in [3.63, 3.8) is 0 Å². The number of aliphatic imine (C=N–C) groups is 1. The highest BCUT2D eigenvalue weighted by Crippen LogP contribution is 2.15. The summed E-state index contributed by atoms with van der Waals surface area (Å²) in [5.74, 6) is 0.981. The molecule has 136 valence electrons. The Labute approximate surface area is 162 Å². The fraction of sp³-hybridized carbons (Fsp3) is 0.750. The quantitative estimate of drug-likeness (QED) is 0.403. The third kappa shape index (κ3) is 4.82. The predicted octanol–water partition coefficient (Wildman–Crippen LogP) is 0.435. The van der Waals surface area contributed by atoms with Crippen LogP contribution in [0.5, 0.6) is 0 Å². The largest absolute Gasteiger partial charge is 0.357 e. The number of guanidine groups is 1. The maximum absolute atomic E-state index is 4.89. The lowest BCUT2D eigenvalue weighted by Gasteiger charge is -2.47. The zero-order valence-corrected chi connectivity index (χ0v) is 17.3. The second kappa shape index (κ2) is 9.00. The monoisotopic (exact) mass is 447 g/mol. The van der Waals surface area contributed by atoms with E-state index in [1.807, 2.05) is 17.9 Å². The minimum absolute atomic E-state index is 0. The average Bonchev–Trinajstić information content (AvgIpc) is 2.97. The van der Waals surface area contributed by atoms with Gasteiger partial charge in [0.15, 0.2) is 5.96 Å². The van der Waals surface area contributed by atoms with Crippen molar-refractivity contribution in [3.05, 3.63) is 18.0 Å². The Morgan fingerprint density at radius 2 is 2.12 bits per heavy atom. The van der Waals surface area contributed by atoms with Crippen molar-refractivity contribution in [2.24, 2.45) is 12.0 Å². The molecular formula is C16H30IN7. The molecule has 24 heavy (non-hydrogen) atoms. The second-order valence-electron chi connectivity index (χ2n) is 6.56. The van der Waals surface area contributed by atoms with E-state index >= 15 is 0 Å². The van der Waals surface area contributed by atoms with Crippen molar-refractivity contribution < 1.29 is 0 Å². The molecule has 7 nitrogen and oxygen atoms in total. The highest BCUT2D eigenvalue weighted by atomic mass is 127. The number of fused-ring (bicyclic) bond motifs is 3. The fourth-order valence-electron chi connectivity index (χ4n) is 3.46. The SMILES string of the molecule is CCNC(=NCC1CN2CCN1CC2)N(C)Cc1cnn(C)c1.I. The number of aromatic nitrogens is 2. The van der Waals surface area contributed by atoms with Gasteiger partial charge in [-0.15, -0.1) is 24.0 Å². The molecule has 1 N–H and O–H groups in total. The number of hydrogen-bond donors (Lipinski definition) is 1. The summed E-state index contributed by atoms with van der Waals surface area (Å²) >= 11 is 0. The minimum atomic E-state index is 0. The van der Waals surface area contributed by atoms with Crippen LogP contribution in [0.25, 0.3) is 0 Å². The molecule has 2 bridgehead atoms. The lowest BCUT2D eigenvalue weighted by molar-refractivity contribution is 0.0173. The number of aryl methyl sites for hydroxylation is 1. The topological polar surface area (TPSA) is 51.9 Å². The van der Waals surface area contributed by atoms with Gasteiger partial charge < -0.3 is 10.2 Å². The molecule has 1 aromatic heterocycles. The van der Waals surface area contributed by atoms with Crippen LogP contribution in [0.2, 0.25) is 0 Å². The molecule has 8 heteroatoms. The van der Waals surface area contributed by atoms with E-state index < -0.39 is 0 Å². The summed E-state index contributed by atoms with van der Waals surface area (Å²) in [6.45, 7) is 10.7. The summed E-state index contributed by atoms with van der Waals surface area (Å²) in [6, 6.07) is 0.568. The molecule has 0 amide bonds. The van der Waals surface area contributed by atoms with E-state index in [9.17, 15) is 0 Å². The van der Waals surface area contributed by atoms with Gasteiger partial charge in [0, 0.05) is 77.7 Å². The zero-order valence-electron chi connectivity index (χ0n) is 15.0. The van der Waals surface area contributed by atoms with E-state index in [4.69, 9.17) is 4.99 Å². The van der Waals surface area contributed by atoms with Crippen molar-refractivity contribution in [2.75, 3.05) is 52.9 Å². The van der Waals surface area contributed by atoms with E-state index in [-0.39, 0.29) is 24.0 Å². The Kier molecular flexibility index (Phi) is 7.30. The summed E-state index contributed by atoms with van der Waals surface area (Å²) in [6.07, 6.45) is 3.97. The van der Waals surface area contributed by atoms with Crippen LogP contribution in [0.4, 0.5) is 0 Å². The van der Waals surface area contributed by atoms with Crippen molar-refractivity contribution in [1.82, 2.24) is 29.8 Å². The zero-order chi connectivity index (χ0) is 16.2. The Morgan fingerprint density at radius 1 is 1.38 bits per heavy atom. The number of hydrogen-bond acceptors (Lipinski definition) is 4. The molecule has 4 rings (SSSR count). The first-order valence-electron chi connectivity index (χ1n) is 8.59. The van der Waals surface area contributed by atoms with E-state index in [0.29, 0.717) is 6.04 Å². The summed E-state index contributed by atoms with van der Waals surface area (Å²) in [5.41, 5.74) is 1.20. The van der Waals surface area contributed by atoms with Crippen LogP contribution in [0, 0.1) is 0 Å². The molecule has 0 radical (unpaired) electrons. The van der Waals surface area contributed by atoms with Gasteiger partial charge in [0.2, 0.25) is 0 Å². The molecule has 3 saturated heterocycles. The van der Waals surface area contributed by atoms with Crippen LogP contribution in [0.3, 0.4) is 0 Å². The molecule has 3 aliphatic rings. The minimum Gasteiger partial charge on any atom is -0.357 e. The summed E-state index contributed by atoms with van der Waals surface area (Å²) < 4.78 is 1.84. The van der Waals surface area contributed by atoms with Crippen LogP contribution < -0.4 is 5.32 Å². The first-order chi connectivity index (χ1) is 11.2. The lowest BCUT2D eigenvalue weighted by atomic mass is 10.1. The maximum Gasteiger partial charge on any atom is 0.194 e. The Bertz CT molecular complexity index is 536. The van der Waals surface area contributed by atoms with Crippen LogP contribution >= 0.6 is 24.0 Å². The summed E-state index contributed by atoms with van der Waals surface area (Å²) in [5, 5.41) is 7.65. The molecule has 1 atom stereocenters. The number of halogens is 1. The molecule has 0 saturated carbocycles. The van der Waals surface area contributed by atoms with Gasteiger partial charge in [-0.25, -0.2) is 0 Å². The first kappa shape index (κ1) is 19.5. The molecule has 3 aliphatic heterocycles. The summed E-state index contributed by atoms with van der Waals surface area (Å²) in [4.78, 5) is 12.2. The molecule has 1 aromatic rings. The highest BCUT2D eigenvalue weighted by Gasteiger charge is 2.31. The number of nitrogens with zero attached hydrogens (tertiary/aromatic N) is 6. The van der Waals surface area contributed by atoms with Crippen LogP contribution in [-0.2, 0) is 13.6 Å². The molecule has 4 heterocycles. The van der Waals surface area contributed by atoms with Crippen molar-refractivity contribution in [1.29, 1.82) is 0 Å². The van der Waals surface area contributed by atoms with Crippen molar-refractivity contribution in [3.8, 4) is 0 Å². The molecule has 0 aromatic carbocycles. The van der Waals surface area contributed by atoms with Crippen LogP contribution in [-0.4, -0.2) is 89.3 Å². The Hall–Kier alpha value is -0.870. The number of nitrogens with one attached hydrogen (secondary N) is 1. The second-order valence-corrected chi connectivity index (χ2v) is 6.56. The van der Waals surface area contributed by atoms with Gasteiger partial charge in [0.05, 0.1) is 12.7 Å². The van der Waals surface area contributed by atoms with E-state index in [0.717, 1.165) is 32.1 Å². The van der Waals surface area contributed by atoms with Crippen molar-refractivity contribution in [2.45, 2.75) is 19.5 Å². The van der Waals surface area contributed by atoms with E-state index in [2.05, 4.69) is 45.3 Å². The summed E-state index contributed by atoms with van der Waals surface area (Å²) in [7, 11) is 4.04. The average molecular weight is 447 g/mol. The van der Waals surface area contributed by atoms with Crippen LogP contribution in [0.15, 0.2) is 17.4 Å². The lowest BCUT2D eigenvalue weighted by Crippen LogP contribution is -2.62. The molecular weight excluding hydrogens is 417 g/mol. The Morgan fingerprint density at radius 3 is 2.67 bits per heavy atom. The van der Waals surface area contributed by atoms with Crippen LogP contribution in [0.1, 0.15) is 12.5 Å². The standard InChI is InChI=1S/C16H29N7.HI/c1-4-17-16(20(2)11-14-9-19-21(3)12-14)18-10-15-13-22-5-7-23(15)8-6-22;/h9,12,15H,4-8,10-11,13H2,1-3H3,(H,17,18);1H. The van der Waals surface area contributed by atoms with E-state index in [1.165, 1.54) is 31.7 Å². The highest BCUT2D eigenvalue weighted by molar-refractivity contribution is 14.0. The van der Waals surface area contributed by atoms with E-state index in [1.54, 1.807) is 0 Å². The number of piperazine rings is 3. The van der Waals surface area contributed by atoms with Gasteiger partial charge in [0.25, 0.3) is 0 Å². The maximum atomic E-state index is 4.89. The molecule has 1 unspecified atom stereocenters. The van der Waals surface area contributed by atoms with Gasteiger partial charge in [-0.05, 0) is 6.92 Å². The smallest absolute Gasteiger partial charge is 0.194 e. The van der Waals surface area contributed by atoms with Gasteiger partial charge in [-0.2, -0.15) is 5.10 Å². The van der Waals surface area contributed by atoms with Gasteiger partial charge in [-0.3, -0.25) is 19.5 Å². The Balaban J connectivity index is 0.00000208. The molecule has 3 fully saturated rings. The normalized spacial score (nSPS) is 26.1. The molecule has 0 spiro atoms. The first-order valence-corrected chi connectivity index (χ1v) is 8.59. The van der Waals surface area contributed by atoms with Gasteiger partial charge in [-0.1, -0.05) is 0 Å². The third-order valence-corrected chi connectivity index (χ3v) is 4.72. The van der Waals surface area contributed by atoms with Gasteiger partial charge in [0.1, 0.15) is 0 Å². The van der Waals surface area contributed by atoms with Crippen molar-refractivity contribution >= 4 is 29.9 Å². The molecule has 0 aliphatic carbocycles. The van der Waals surface area contributed by atoms with Gasteiger partial charge >= 0.3 is 0 Å².